The molecule has 1 aromatic rings. The zero-order valence-electron chi connectivity index (χ0n) is 10.7. The van der Waals surface area contributed by atoms with Crippen LogP contribution in [0.5, 0.6) is 0 Å². The van der Waals surface area contributed by atoms with Gasteiger partial charge in [0.2, 0.25) is 0 Å². The number of thioether (sulfide) groups is 1. The third kappa shape index (κ3) is 4.65. The van der Waals surface area contributed by atoms with Crippen molar-refractivity contribution in [3.8, 4) is 0 Å². The molecule has 17 heavy (non-hydrogen) atoms. The lowest BCUT2D eigenvalue weighted by molar-refractivity contribution is -0.132. The van der Waals surface area contributed by atoms with E-state index in [-0.39, 0.29) is 4.75 Å². The third-order valence-corrected chi connectivity index (χ3v) is 3.25. The fourth-order valence-electron chi connectivity index (χ4n) is 1.32. The molecule has 0 aliphatic rings. The Labute approximate surface area is 107 Å². The van der Waals surface area contributed by atoms with Gasteiger partial charge >= 0.3 is 5.97 Å². The van der Waals surface area contributed by atoms with Crippen LogP contribution in [0.3, 0.4) is 0 Å². The van der Waals surface area contributed by atoms with Crippen molar-refractivity contribution in [1.29, 1.82) is 0 Å². The number of carboxylic acids is 1. The summed E-state index contributed by atoms with van der Waals surface area (Å²) in [5.74, 6) is -0.874. The van der Waals surface area contributed by atoms with Crippen molar-refractivity contribution in [3.63, 3.8) is 0 Å². The molecule has 0 aliphatic carbocycles. The molecule has 0 saturated carbocycles. The van der Waals surface area contributed by atoms with Crippen molar-refractivity contribution < 1.29 is 9.90 Å². The summed E-state index contributed by atoms with van der Waals surface area (Å²) < 4.78 is 0.112. The van der Waals surface area contributed by atoms with Crippen molar-refractivity contribution in [2.45, 2.75) is 37.3 Å². The van der Waals surface area contributed by atoms with E-state index < -0.39 is 5.97 Å². The van der Waals surface area contributed by atoms with Crippen LogP contribution in [0.4, 0.5) is 0 Å². The molecule has 3 heteroatoms. The van der Waals surface area contributed by atoms with Crippen LogP contribution in [0, 0.1) is 0 Å². The van der Waals surface area contributed by atoms with Gasteiger partial charge in [-0.25, -0.2) is 4.79 Å². The lowest BCUT2D eigenvalue weighted by Gasteiger charge is -2.19. The lowest BCUT2D eigenvalue weighted by Crippen LogP contribution is -2.07. The fourth-order valence-corrected chi connectivity index (χ4v) is 2.37. The third-order valence-electron chi connectivity index (χ3n) is 2.04. The van der Waals surface area contributed by atoms with E-state index in [0.29, 0.717) is 5.57 Å². The quantitative estimate of drug-likeness (QED) is 0.649. The maximum absolute atomic E-state index is 10.8. The van der Waals surface area contributed by atoms with Crippen molar-refractivity contribution in [1.82, 2.24) is 0 Å². The van der Waals surface area contributed by atoms with E-state index in [9.17, 15) is 4.79 Å². The average Bonchev–Trinajstić information content (AvgIpc) is 2.18. The average molecular weight is 250 g/mol. The van der Waals surface area contributed by atoms with Gasteiger partial charge < -0.3 is 5.11 Å². The highest BCUT2D eigenvalue weighted by Crippen LogP contribution is 2.34. The summed E-state index contributed by atoms with van der Waals surface area (Å²) in [6.45, 7) is 8.04. The van der Waals surface area contributed by atoms with E-state index in [0.717, 1.165) is 10.5 Å². The Bertz CT molecular complexity index is 442. The molecular weight excluding hydrogens is 232 g/mol. The summed E-state index contributed by atoms with van der Waals surface area (Å²) in [6.07, 6.45) is 1.72. The lowest BCUT2D eigenvalue weighted by atomic mass is 10.1. The first-order chi connectivity index (χ1) is 7.79. The molecule has 0 atom stereocenters. The molecule has 0 unspecified atom stereocenters. The molecule has 0 spiro atoms. The molecule has 0 amide bonds. The summed E-state index contributed by atoms with van der Waals surface area (Å²) in [7, 11) is 0. The highest BCUT2D eigenvalue weighted by molar-refractivity contribution is 8.00. The van der Waals surface area contributed by atoms with Gasteiger partial charge in [-0.05, 0) is 24.6 Å². The van der Waals surface area contributed by atoms with Gasteiger partial charge in [-0.2, -0.15) is 0 Å². The van der Waals surface area contributed by atoms with Crippen LogP contribution in [0.1, 0.15) is 33.3 Å². The number of carboxylic acid groups (broad SMARTS) is 1. The Balaban J connectivity index is 3.09. The van der Waals surface area contributed by atoms with Crippen molar-refractivity contribution in [2.75, 3.05) is 0 Å². The Morgan fingerprint density at radius 3 is 2.41 bits per heavy atom. The Morgan fingerprint density at radius 1 is 1.29 bits per heavy atom. The van der Waals surface area contributed by atoms with Crippen LogP contribution < -0.4 is 0 Å². The van der Waals surface area contributed by atoms with Crippen LogP contribution in [-0.2, 0) is 4.79 Å². The standard InChI is InChI=1S/C14H18O2S/c1-10(13(15)16)9-11-7-5-6-8-12(11)17-14(2,3)4/h5-9H,1-4H3,(H,15,16)/b10-9+. The predicted molar refractivity (Wildman–Crippen MR) is 73.3 cm³/mol. The number of rotatable bonds is 3. The number of hydrogen-bond acceptors (Lipinski definition) is 2. The van der Waals surface area contributed by atoms with E-state index in [1.54, 1.807) is 24.8 Å². The molecule has 0 bridgehead atoms. The number of benzene rings is 1. The van der Waals surface area contributed by atoms with Crippen LogP contribution in [0.15, 0.2) is 34.7 Å². The molecule has 0 radical (unpaired) electrons. The molecule has 0 fully saturated rings. The van der Waals surface area contributed by atoms with E-state index in [1.807, 2.05) is 24.3 Å². The first-order valence-corrected chi connectivity index (χ1v) is 6.31. The molecule has 0 saturated heterocycles. The molecule has 1 aromatic carbocycles. The minimum absolute atomic E-state index is 0.112. The number of hydrogen-bond donors (Lipinski definition) is 1. The molecule has 0 aromatic heterocycles. The van der Waals surface area contributed by atoms with Crippen LogP contribution in [0.25, 0.3) is 6.08 Å². The smallest absolute Gasteiger partial charge is 0.331 e. The molecule has 1 rings (SSSR count). The van der Waals surface area contributed by atoms with Crippen molar-refractivity contribution in [3.05, 3.63) is 35.4 Å². The van der Waals surface area contributed by atoms with E-state index in [2.05, 4.69) is 20.8 Å². The number of carbonyl (C=O) groups is 1. The Morgan fingerprint density at radius 2 is 1.88 bits per heavy atom. The van der Waals surface area contributed by atoms with Crippen LogP contribution in [-0.4, -0.2) is 15.8 Å². The van der Waals surface area contributed by atoms with Gasteiger partial charge in [0.25, 0.3) is 0 Å². The monoisotopic (exact) mass is 250 g/mol. The summed E-state index contributed by atoms with van der Waals surface area (Å²) in [4.78, 5) is 11.9. The van der Waals surface area contributed by atoms with E-state index >= 15 is 0 Å². The highest BCUT2D eigenvalue weighted by Gasteiger charge is 2.14. The minimum atomic E-state index is -0.874. The summed E-state index contributed by atoms with van der Waals surface area (Å²) >= 11 is 1.74. The largest absolute Gasteiger partial charge is 0.478 e. The molecule has 2 nitrogen and oxygen atoms in total. The minimum Gasteiger partial charge on any atom is -0.478 e. The van der Waals surface area contributed by atoms with Crippen molar-refractivity contribution in [2.24, 2.45) is 0 Å². The topological polar surface area (TPSA) is 37.3 Å². The van der Waals surface area contributed by atoms with Gasteiger partial charge in [-0.3, -0.25) is 0 Å². The van der Waals surface area contributed by atoms with Gasteiger partial charge in [0, 0.05) is 15.2 Å². The first kappa shape index (κ1) is 13.8. The Kier molecular flexibility index (Phi) is 4.40. The second-order valence-corrected chi connectivity index (χ2v) is 6.75. The zero-order valence-corrected chi connectivity index (χ0v) is 11.5. The van der Waals surface area contributed by atoms with Gasteiger partial charge in [-0.15, -0.1) is 11.8 Å². The highest BCUT2D eigenvalue weighted by atomic mass is 32.2. The molecular formula is C14H18O2S. The summed E-state index contributed by atoms with van der Waals surface area (Å²) in [5.41, 5.74) is 1.32. The SMILES string of the molecule is C/C(=C\c1ccccc1SC(C)(C)C)C(=O)O. The molecule has 1 N–H and O–H groups in total. The predicted octanol–water partition coefficient (Wildman–Crippen LogP) is 4.07. The second-order valence-electron chi connectivity index (χ2n) is 4.88. The summed E-state index contributed by atoms with van der Waals surface area (Å²) in [5, 5.41) is 8.89. The number of aliphatic carboxylic acids is 1. The van der Waals surface area contributed by atoms with Gasteiger partial charge in [0.05, 0.1) is 0 Å². The van der Waals surface area contributed by atoms with Crippen LogP contribution in [0.2, 0.25) is 0 Å². The maximum atomic E-state index is 10.8. The maximum Gasteiger partial charge on any atom is 0.331 e. The first-order valence-electron chi connectivity index (χ1n) is 5.49. The van der Waals surface area contributed by atoms with Crippen molar-refractivity contribution >= 4 is 23.8 Å². The zero-order chi connectivity index (χ0) is 13.1. The second kappa shape index (κ2) is 5.41. The van der Waals surface area contributed by atoms with Crippen LogP contribution >= 0.6 is 11.8 Å². The van der Waals surface area contributed by atoms with Gasteiger partial charge in [-0.1, -0.05) is 39.0 Å². The Hall–Kier alpha value is -1.22. The van der Waals surface area contributed by atoms with E-state index in [1.165, 1.54) is 0 Å². The summed E-state index contributed by atoms with van der Waals surface area (Å²) in [6, 6.07) is 7.87. The van der Waals surface area contributed by atoms with Gasteiger partial charge in [0.1, 0.15) is 0 Å². The normalized spacial score (nSPS) is 12.6. The molecule has 0 heterocycles. The van der Waals surface area contributed by atoms with Gasteiger partial charge in [0.15, 0.2) is 0 Å². The van der Waals surface area contributed by atoms with E-state index in [4.69, 9.17) is 5.11 Å². The molecule has 92 valence electrons. The fraction of sp³-hybridized carbons (Fsp3) is 0.357. The molecule has 0 aliphatic heterocycles.